The average molecular weight is 414 g/mol. The molecule has 0 fully saturated rings. The van der Waals surface area contributed by atoms with Gasteiger partial charge in [0.2, 0.25) is 11.8 Å². The van der Waals surface area contributed by atoms with Crippen LogP contribution in [0.1, 0.15) is 18.2 Å². The minimum atomic E-state index is -0.438. The molecule has 5 nitrogen and oxygen atoms in total. The van der Waals surface area contributed by atoms with Crippen LogP contribution in [-0.4, -0.2) is 22.0 Å². The normalized spacial score (nSPS) is 11.9. The average Bonchev–Trinajstić information content (AvgIpc) is 2.92. The number of aromatic nitrogens is 1. The molecule has 122 valence electrons. The van der Waals surface area contributed by atoms with E-state index in [0.717, 1.165) is 15.8 Å². The van der Waals surface area contributed by atoms with E-state index in [1.54, 1.807) is 17.1 Å². The van der Waals surface area contributed by atoms with Crippen LogP contribution in [-0.2, 0) is 21.8 Å². The predicted molar refractivity (Wildman–Crippen MR) is 98.5 cm³/mol. The Balaban J connectivity index is 1.83. The summed E-state index contributed by atoms with van der Waals surface area (Å²) < 4.78 is 1.03. The Hall–Kier alpha value is -1.38. The molecule has 0 saturated heterocycles. The van der Waals surface area contributed by atoms with Gasteiger partial charge in [-0.15, -0.1) is 23.1 Å². The zero-order valence-corrected chi connectivity index (χ0v) is 15.6. The van der Waals surface area contributed by atoms with Gasteiger partial charge in [-0.25, -0.2) is 4.98 Å². The number of hydrogen-bond donors (Lipinski definition) is 2. The van der Waals surface area contributed by atoms with Crippen molar-refractivity contribution < 1.29 is 9.59 Å². The lowest BCUT2D eigenvalue weighted by molar-refractivity contribution is -0.117. The molecule has 0 aliphatic heterocycles. The molecule has 1 aromatic carbocycles. The first kappa shape index (κ1) is 18.0. The van der Waals surface area contributed by atoms with Crippen LogP contribution >= 0.6 is 39.0 Å². The molecule has 1 heterocycles. The number of nitrogens with one attached hydrogen (secondary N) is 1. The van der Waals surface area contributed by atoms with E-state index in [-0.39, 0.29) is 17.6 Å². The highest BCUT2D eigenvalue weighted by molar-refractivity contribution is 9.10. The van der Waals surface area contributed by atoms with Crippen LogP contribution in [0.5, 0.6) is 0 Å². The van der Waals surface area contributed by atoms with Gasteiger partial charge in [0.15, 0.2) is 5.13 Å². The van der Waals surface area contributed by atoms with Gasteiger partial charge in [0.05, 0.1) is 17.4 Å². The number of hydrogen-bond acceptors (Lipinski definition) is 5. The topological polar surface area (TPSA) is 85.1 Å². The Labute approximate surface area is 151 Å². The van der Waals surface area contributed by atoms with Gasteiger partial charge in [-0.05, 0) is 24.6 Å². The number of primary amides is 1. The first-order chi connectivity index (χ1) is 10.9. The molecular weight excluding hydrogens is 398 g/mol. The van der Waals surface area contributed by atoms with Crippen LogP contribution in [0.4, 0.5) is 5.13 Å². The Morgan fingerprint density at radius 3 is 2.74 bits per heavy atom. The SMILES string of the molecule is C[C@H](SCc1ccc(Br)cc1)C(=O)Nc1nc(CC(N)=O)cs1. The zero-order valence-electron chi connectivity index (χ0n) is 12.4. The van der Waals surface area contributed by atoms with Crippen molar-refractivity contribution >= 4 is 56.0 Å². The Bertz CT molecular complexity index is 688. The Morgan fingerprint density at radius 1 is 1.39 bits per heavy atom. The standard InChI is InChI=1S/C15H16BrN3O2S2/c1-9(22-7-10-2-4-11(16)5-3-10)14(21)19-15-18-12(8-23-15)6-13(17)20/h2-5,8-9H,6-7H2,1H3,(H2,17,20)(H,18,19,21)/t9-/m0/s1. The van der Waals surface area contributed by atoms with E-state index in [2.05, 4.69) is 26.2 Å². The molecule has 2 aromatic rings. The lowest BCUT2D eigenvalue weighted by Crippen LogP contribution is -2.22. The molecule has 0 radical (unpaired) electrons. The van der Waals surface area contributed by atoms with Gasteiger partial charge >= 0.3 is 0 Å². The third kappa shape index (κ3) is 5.96. The van der Waals surface area contributed by atoms with Crippen molar-refractivity contribution in [2.24, 2.45) is 5.73 Å². The molecule has 1 aromatic heterocycles. The summed E-state index contributed by atoms with van der Waals surface area (Å²) in [6.07, 6.45) is 0.0836. The third-order valence-corrected chi connectivity index (χ3v) is 5.47. The number of nitrogens with two attached hydrogens (primary N) is 1. The molecule has 0 saturated carbocycles. The Kier molecular flexibility index (Phi) is 6.61. The van der Waals surface area contributed by atoms with Gasteiger partial charge in [0.25, 0.3) is 0 Å². The quantitative estimate of drug-likeness (QED) is 0.729. The first-order valence-electron chi connectivity index (χ1n) is 6.83. The molecule has 23 heavy (non-hydrogen) atoms. The molecule has 2 amide bonds. The van der Waals surface area contributed by atoms with E-state index in [1.165, 1.54) is 11.3 Å². The zero-order chi connectivity index (χ0) is 16.8. The Morgan fingerprint density at radius 2 is 2.09 bits per heavy atom. The van der Waals surface area contributed by atoms with E-state index in [9.17, 15) is 9.59 Å². The van der Waals surface area contributed by atoms with Crippen molar-refractivity contribution in [3.05, 3.63) is 45.4 Å². The molecule has 2 rings (SSSR count). The second kappa shape index (κ2) is 8.47. The molecule has 0 unspecified atom stereocenters. The predicted octanol–water partition coefficient (Wildman–Crippen LogP) is 3.19. The van der Waals surface area contributed by atoms with Gasteiger partial charge in [-0.2, -0.15) is 0 Å². The number of thioether (sulfide) groups is 1. The minimum Gasteiger partial charge on any atom is -0.369 e. The number of carbonyl (C=O) groups is 2. The molecule has 0 spiro atoms. The highest BCUT2D eigenvalue weighted by atomic mass is 79.9. The van der Waals surface area contributed by atoms with Gasteiger partial charge in [-0.3, -0.25) is 9.59 Å². The number of halogens is 1. The van der Waals surface area contributed by atoms with Gasteiger partial charge in [0.1, 0.15) is 0 Å². The number of anilines is 1. The third-order valence-electron chi connectivity index (χ3n) is 2.92. The summed E-state index contributed by atoms with van der Waals surface area (Å²) in [5, 5.41) is 4.77. The number of carbonyl (C=O) groups excluding carboxylic acids is 2. The summed E-state index contributed by atoms with van der Waals surface area (Å²) in [5.74, 6) is 0.214. The fourth-order valence-corrected chi connectivity index (χ4v) is 3.53. The van der Waals surface area contributed by atoms with Crippen molar-refractivity contribution in [1.82, 2.24) is 4.98 Å². The van der Waals surface area contributed by atoms with Crippen LogP contribution in [0.25, 0.3) is 0 Å². The fourth-order valence-electron chi connectivity index (χ4n) is 1.71. The molecule has 1 atom stereocenters. The van der Waals surface area contributed by atoms with Crippen LogP contribution in [0.3, 0.4) is 0 Å². The number of nitrogens with zero attached hydrogens (tertiary/aromatic N) is 1. The summed E-state index contributed by atoms with van der Waals surface area (Å²) in [6.45, 7) is 1.86. The van der Waals surface area contributed by atoms with Crippen LogP contribution < -0.4 is 11.1 Å². The van der Waals surface area contributed by atoms with Crippen molar-refractivity contribution in [2.75, 3.05) is 5.32 Å². The van der Waals surface area contributed by atoms with Crippen molar-refractivity contribution in [2.45, 2.75) is 24.3 Å². The summed E-state index contributed by atoms with van der Waals surface area (Å²) in [4.78, 5) is 27.2. The first-order valence-corrected chi connectivity index (χ1v) is 9.56. The van der Waals surface area contributed by atoms with E-state index in [4.69, 9.17) is 5.73 Å². The van der Waals surface area contributed by atoms with E-state index < -0.39 is 5.91 Å². The summed E-state index contributed by atoms with van der Waals surface area (Å²) >= 11 is 6.24. The van der Waals surface area contributed by atoms with Crippen LogP contribution in [0, 0.1) is 0 Å². The van der Waals surface area contributed by atoms with Crippen molar-refractivity contribution in [3.63, 3.8) is 0 Å². The second-order valence-corrected chi connectivity index (χ2v) is 7.96. The number of amides is 2. The van der Waals surface area contributed by atoms with Crippen LogP contribution in [0.15, 0.2) is 34.1 Å². The maximum Gasteiger partial charge on any atom is 0.238 e. The molecule has 0 aliphatic carbocycles. The summed E-state index contributed by atoms with van der Waals surface area (Å²) in [6, 6.07) is 8.02. The maximum absolute atomic E-state index is 12.2. The fraction of sp³-hybridized carbons (Fsp3) is 0.267. The van der Waals surface area contributed by atoms with E-state index in [0.29, 0.717) is 10.8 Å². The molecular formula is C15H16BrN3O2S2. The minimum absolute atomic E-state index is 0.0836. The molecule has 0 aliphatic rings. The number of thiazole rings is 1. The summed E-state index contributed by atoms with van der Waals surface area (Å²) in [7, 11) is 0. The smallest absolute Gasteiger partial charge is 0.238 e. The number of benzene rings is 1. The highest BCUT2D eigenvalue weighted by Crippen LogP contribution is 2.22. The van der Waals surface area contributed by atoms with E-state index >= 15 is 0 Å². The largest absolute Gasteiger partial charge is 0.369 e. The molecule has 0 bridgehead atoms. The molecule has 3 N–H and O–H groups in total. The van der Waals surface area contributed by atoms with Crippen molar-refractivity contribution in [3.8, 4) is 0 Å². The highest BCUT2D eigenvalue weighted by Gasteiger charge is 2.15. The van der Waals surface area contributed by atoms with Crippen LogP contribution in [0.2, 0.25) is 0 Å². The monoisotopic (exact) mass is 413 g/mol. The van der Waals surface area contributed by atoms with E-state index in [1.807, 2.05) is 31.2 Å². The number of rotatable bonds is 7. The second-order valence-electron chi connectivity index (χ2n) is 4.86. The molecule has 8 heteroatoms. The lowest BCUT2D eigenvalue weighted by Gasteiger charge is -2.10. The van der Waals surface area contributed by atoms with Gasteiger partial charge < -0.3 is 11.1 Å². The van der Waals surface area contributed by atoms with Gasteiger partial charge in [0, 0.05) is 15.6 Å². The lowest BCUT2D eigenvalue weighted by atomic mass is 10.2. The maximum atomic E-state index is 12.2. The van der Waals surface area contributed by atoms with Gasteiger partial charge in [-0.1, -0.05) is 28.1 Å². The van der Waals surface area contributed by atoms with Crippen molar-refractivity contribution in [1.29, 1.82) is 0 Å². The summed E-state index contributed by atoms with van der Waals surface area (Å²) in [5.41, 5.74) is 6.86.